The molecule has 0 aromatic heterocycles. The van der Waals surface area contributed by atoms with Crippen LogP contribution in [0.5, 0.6) is 0 Å². The molecule has 0 saturated carbocycles. The van der Waals surface area contributed by atoms with Crippen LogP contribution in [-0.2, 0) is 19.6 Å². The van der Waals surface area contributed by atoms with Crippen LogP contribution in [0.2, 0.25) is 0 Å². The molecule has 27 heavy (non-hydrogen) atoms. The largest absolute Gasteiger partial charge is 0.449 e. The number of esters is 1. The number of halogens is 1. The highest BCUT2D eigenvalue weighted by atomic mass is 32.2. The summed E-state index contributed by atoms with van der Waals surface area (Å²) in [5.74, 6) is -1.72. The van der Waals surface area contributed by atoms with Crippen LogP contribution >= 0.6 is 0 Å². The van der Waals surface area contributed by atoms with Crippen molar-refractivity contribution in [1.29, 1.82) is 0 Å². The van der Waals surface area contributed by atoms with Crippen LogP contribution in [0.25, 0.3) is 0 Å². The number of amides is 1. The van der Waals surface area contributed by atoms with Crippen molar-refractivity contribution in [2.24, 2.45) is 0 Å². The molecular weight excluding hydrogens is 375 g/mol. The number of hydrogen-bond donors (Lipinski definition) is 1. The van der Waals surface area contributed by atoms with Crippen molar-refractivity contribution >= 4 is 27.6 Å². The molecule has 2 aromatic rings. The van der Waals surface area contributed by atoms with Crippen LogP contribution in [0, 0.1) is 5.82 Å². The van der Waals surface area contributed by atoms with Gasteiger partial charge in [-0.1, -0.05) is 6.07 Å². The minimum Gasteiger partial charge on any atom is -0.449 e. The summed E-state index contributed by atoms with van der Waals surface area (Å²) in [6.07, 6.45) is -1.01. The lowest BCUT2D eigenvalue weighted by Crippen LogP contribution is -2.34. The van der Waals surface area contributed by atoms with Crippen molar-refractivity contribution in [1.82, 2.24) is 4.90 Å². The maximum Gasteiger partial charge on any atom is 0.338 e. The molecule has 0 aliphatic heterocycles. The molecule has 0 heterocycles. The second kappa shape index (κ2) is 8.17. The predicted octanol–water partition coefficient (Wildman–Crippen LogP) is 2.26. The molecule has 1 amide bonds. The van der Waals surface area contributed by atoms with Crippen LogP contribution in [0.4, 0.5) is 10.1 Å². The highest BCUT2D eigenvalue weighted by Gasteiger charge is 2.22. The van der Waals surface area contributed by atoms with Gasteiger partial charge >= 0.3 is 5.97 Å². The number of rotatable bonds is 6. The number of anilines is 1. The summed E-state index contributed by atoms with van der Waals surface area (Å²) in [5.41, 5.74) is 0.157. The maximum absolute atomic E-state index is 12.9. The van der Waals surface area contributed by atoms with E-state index in [4.69, 9.17) is 4.74 Å². The fourth-order valence-electron chi connectivity index (χ4n) is 2.16. The molecule has 2 rings (SSSR count). The lowest BCUT2D eigenvalue weighted by atomic mass is 10.2. The Labute approximate surface area is 156 Å². The van der Waals surface area contributed by atoms with Crippen molar-refractivity contribution in [3.63, 3.8) is 0 Å². The van der Waals surface area contributed by atoms with Gasteiger partial charge in [-0.2, -0.15) is 0 Å². The molecule has 0 aliphatic carbocycles. The van der Waals surface area contributed by atoms with Crippen LogP contribution in [0.1, 0.15) is 17.3 Å². The van der Waals surface area contributed by atoms with E-state index in [1.165, 1.54) is 56.3 Å². The smallest absolute Gasteiger partial charge is 0.338 e. The number of nitrogens with one attached hydrogen (secondary N) is 1. The topological polar surface area (TPSA) is 92.8 Å². The van der Waals surface area contributed by atoms with E-state index in [0.717, 1.165) is 18.2 Å². The Bertz CT molecular complexity index is 942. The molecule has 1 atom stereocenters. The van der Waals surface area contributed by atoms with Crippen molar-refractivity contribution in [2.75, 3.05) is 18.8 Å². The average Bonchev–Trinajstić information content (AvgIpc) is 2.62. The summed E-state index contributed by atoms with van der Waals surface area (Å²) in [6, 6.07) is 10.0. The van der Waals surface area contributed by atoms with E-state index in [9.17, 15) is 22.4 Å². The zero-order chi connectivity index (χ0) is 20.2. The fraction of sp³-hybridized carbons (Fsp3) is 0.222. The molecule has 9 heteroatoms. The van der Waals surface area contributed by atoms with Crippen LogP contribution in [0.3, 0.4) is 0 Å². The van der Waals surface area contributed by atoms with Crippen LogP contribution in [-0.4, -0.2) is 45.4 Å². The minimum absolute atomic E-state index is 0.0182. The lowest BCUT2D eigenvalue weighted by Gasteiger charge is -2.17. The summed E-state index contributed by atoms with van der Waals surface area (Å²) >= 11 is 0. The Kier molecular flexibility index (Phi) is 6.17. The third kappa shape index (κ3) is 5.27. The molecule has 7 nitrogen and oxygen atoms in total. The molecule has 0 fully saturated rings. The van der Waals surface area contributed by atoms with E-state index < -0.39 is 33.8 Å². The van der Waals surface area contributed by atoms with Gasteiger partial charge in [0.2, 0.25) is 0 Å². The molecule has 144 valence electrons. The standard InChI is InChI=1S/C18H19FN2O5S/c1-12(17(22)21(2)3)26-18(23)13-5-4-6-16(11-13)27(24,25)20-15-9-7-14(19)8-10-15/h4-12,20H,1-3H3/t12-/m0/s1. The molecule has 0 saturated heterocycles. The molecule has 0 bridgehead atoms. The minimum atomic E-state index is -4.00. The number of hydrogen-bond acceptors (Lipinski definition) is 5. The Hall–Kier alpha value is -2.94. The first kappa shape index (κ1) is 20.4. The summed E-state index contributed by atoms with van der Waals surface area (Å²) in [6.45, 7) is 1.43. The van der Waals surface area contributed by atoms with Crippen molar-refractivity contribution in [3.05, 3.63) is 59.9 Å². The van der Waals surface area contributed by atoms with E-state index in [1.54, 1.807) is 0 Å². The molecule has 1 N–H and O–H groups in total. The Morgan fingerprint density at radius 1 is 1.11 bits per heavy atom. The van der Waals surface area contributed by atoms with Crippen molar-refractivity contribution < 1.29 is 27.1 Å². The zero-order valence-electron chi connectivity index (χ0n) is 15.0. The summed E-state index contributed by atoms with van der Waals surface area (Å²) < 4.78 is 45.2. The Balaban J connectivity index is 2.19. The Morgan fingerprint density at radius 3 is 2.33 bits per heavy atom. The van der Waals surface area contributed by atoms with E-state index in [1.807, 2.05) is 0 Å². The monoisotopic (exact) mass is 394 g/mol. The van der Waals surface area contributed by atoms with Crippen molar-refractivity contribution in [2.45, 2.75) is 17.9 Å². The van der Waals surface area contributed by atoms with Gasteiger partial charge in [-0.25, -0.2) is 17.6 Å². The number of likely N-dealkylation sites (N-methyl/N-ethyl adjacent to an activating group) is 1. The van der Waals surface area contributed by atoms with Gasteiger partial charge in [0.25, 0.3) is 15.9 Å². The third-order valence-corrected chi connectivity index (χ3v) is 4.93. The first-order valence-electron chi connectivity index (χ1n) is 7.91. The van der Waals surface area contributed by atoms with Gasteiger partial charge in [0, 0.05) is 19.8 Å². The second-order valence-corrected chi connectivity index (χ2v) is 7.60. The second-order valence-electron chi connectivity index (χ2n) is 5.92. The first-order valence-corrected chi connectivity index (χ1v) is 9.39. The van der Waals surface area contributed by atoms with Gasteiger partial charge in [0.15, 0.2) is 6.10 Å². The van der Waals surface area contributed by atoms with Gasteiger partial charge in [-0.15, -0.1) is 0 Å². The number of nitrogens with zero attached hydrogens (tertiary/aromatic N) is 1. The van der Waals surface area contributed by atoms with Gasteiger partial charge in [0.05, 0.1) is 10.5 Å². The van der Waals surface area contributed by atoms with Gasteiger partial charge in [-0.05, 0) is 49.4 Å². The van der Waals surface area contributed by atoms with Gasteiger partial charge < -0.3 is 9.64 Å². The highest BCUT2D eigenvalue weighted by Crippen LogP contribution is 2.18. The van der Waals surface area contributed by atoms with E-state index in [0.29, 0.717) is 0 Å². The summed E-state index contributed by atoms with van der Waals surface area (Å²) in [5, 5.41) is 0. The van der Waals surface area contributed by atoms with Gasteiger partial charge in [-0.3, -0.25) is 9.52 Å². The molecule has 0 aliphatic rings. The molecular formula is C18H19FN2O5S. The fourth-order valence-corrected chi connectivity index (χ4v) is 3.27. The Morgan fingerprint density at radius 2 is 1.74 bits per heavy atom. The van der Waals surface area contributed by atoms with Crippen LogP contribution in [0.15, 0.2) is 53.4 Å². The maximum atomic E-state index is 12.9. The zero-order valence-corrected chi connectivity index (χ0v) is 15.8. The average molecular weight is 394 g/mol. The summed E-state index contributed by atoms with van der Waals surface area (Å²) in [4.78, 5) is 25.1. The number of benzene rings is 2. The summed E-state index contributed by atoms with van der Waals surface area (Å²) in [7, 11) is -0.938. The highest BCUT2D eigenvalue weighted by molar-refractivity contribution is 7.92. The van der Waals surface area contributed by atoms with E-state index in [2.05, 4.69) is 4.72 Å². The van der Waals surface area contributed by atoms with E-state index >= 15 is 0 Å². The quantitative estimate of drug-likeness (QED) is 0.759. The number of carbonyl (C=O) groups excluding carboxylic acids is 2. The SMILES string of the molecule is C[C@H](OC(=O)c1cccc(S(=O)(=O)Nc2ccc(F)cc2)c1)C(=O)N(C)C. The molecule has 0 radical (unpaired) electrons. The number of ether oxygens (including phenoxy) is 1. The lowest BCUT2D eigenvalue weighted by molar-refractivity contribution is -0.137. The molecule has 2 aromatic carbocycles. The van der Waals surface area contributed by atoms with E-state index in [-0.39, 0.29) is 16.1 Å². The normalized spacial score (nSPS) is 12.1. The molecule has 0 spiro atoms. The third-order valence-electron chi connectivity index (χ3n) is 3.55. The van der Waals surface area contributed by atoms with Gasteiger partial charge in [0.1, 0.15) is 5.82 Å². The predicted molar refractivity (Wildman–Crippen MR) is 97.2 cm³/mol. The molecule has 0 unspecified atom stereocenters. The van der Waals surface area contributed by atoms with Crippen molar-refractivity contribution in [3.8, 4) is 0 Å². The van der Waals surface area contributed by atoms with Crippen LogP contribution < -0.4 is 4.72 Å². The number of carbonyl (C=O) groups is 2. The number of sulfonamides is 1. The first-order chi connectivity index (χ1) is 12.6.